The van der Waals surface area contributed by atoms with Crippen LogP contribution < -0.4 is 10.6 Å². The van der Waals surface area contributed by atoms with Gasteiger partial charge in [0, 0.05) is 22.9 Å². The molecule has 0 bridgehead atoms. The minimum absolute atomic E-state index is 0.0801. The van der Waals surface area contributed by atoms with E-state index in [-0.39, 0.29) is 23.5 Å². The Bertz CT molecular complexity index is 522. The molecule has 1 atom stereocenters. The van der Waals surface area contributed by atoms with Gasteiger partial charge in [-0.25, -0.2) is 0 Å². The van der Waals surface area contributed by atoms with E-state index in [0.29, 0.717) is 11.6 Å². The Balaban J connectivity index is 1.95. The Morgan fingerprint density at radius 3 is 3.05 bits per heavy atom. The second-order valence-corrected chi connectivity index (χ2v) is 6.32. The van der Waals surface area contributed by atoms with Crippen LogP contribution in [0, 0.1) is 0 Å². The summed E-state index contributed by atoms with van der Waals surface area (Å²) in [4.78, 5) is 24.7. The first kappa shape index (κ1) is 15.2. The van der Waals surface area contributed by atoms with E-state index in [2.05, 4.69) is 17.6 Å². The fourth-order valence-corrected chi connectivity index (χ4v) is 3.16. The maximum Gasteiger partial charge on any atom is 0.238 e. The third kappa shape index (κ3) is 3.90. The van der Waals surface area contributed by atoms with Crippen molar-refractivity contribution in [2.75, 3.05) is 11.9 Å². The van der Waals surface area contributed by atoms with Crippen LogP contribution in [0.15, 0.2) is 23.1 Å². The SMILES string of the molecule is CCCCNC(=O)CC1Sc2ccc(Cl)cc2NC1=O. The number of halogens is 1. The molecule has 1 aliphatic heterocycles. The number of rotatable bonds is 5. The van der Waals surface area contributed by atoms with Gasteiger partial charge < -0.3 is 10.6 Å². The molecule has 0 spiro atoms. The lowest BCUT2D eigenvalue weighted by atomic mass is 10.2. The number of carbonyl (C=O) groups excluding carboxylic acids is 2. The van der Waals surface area contributed by atoms with Crippen LogP contribution in [0.1, 0.15) is 26.2 Å². The van der Waals surface area contributed by atoms with Gasteiger partial charge in [0.15, 0.2) is 0 Å². The molecular formula is C14H17ClN2O2S. The summed E-state index contributed by atoms with van der Waals surface area (Å²) in [7, 11) is 0. The summed E-state index contributed by atoms with van der Waals surface area (Å²) in [6, 6.07) is 5.37. The molecular weight excluding hydrogens is 296 g/mol. The van der Waals surface area contributed by atoms with Crippen molar-refractivity contribution in [2.24, 2.45) is 0 Å². The number of anilines is 1. The number of carbonyl (C=O) groups is 2. The van der Waals surface area contributed by atoms with Crippen LogP contribution in [0.5, 0.6) is 0 Å². The fraction of sp³-hybridized carbons (Fsp3) is 0.429. The standard InChI is InChI=1S/C14H17ClN2O2S/c1-2-3-6-16-13(18)8-12-14(19)17-10-7-9(15)4-5-11(10)20-12/h4-5,7,12H,2-3,6,8H2,1H3,(H,16,18)(H,17,19). The smallest absolute Gasteiger partial charge is 0.238 e. The summed E-state index contributed by atoms with van der Waals surface area (Å²) in [5.41, 5.74) is 0.718. The van der Waals surface area contributed by atoms with E-state index in [4.69, 9.17) is 11.6 Å². The predicted molar refractivity (Wildman–Crippen MR) is 82.3 cm³/mol. The van der Waals surface area contributed by atoms with E-state index in [1.165, 1.54) is 11.8 Å². The van der Waals surface area contributed by atoms with Crippen molar-refractivity contribution in [3.8, 4) is 0 Å². The maximum atomic E-state index is 12.0. The molecule has 6 heteroatoms. The molecule has 0 saturated carbocycles. The Kier molecular flexibility index (Phi) is 5.31. The highest BCUT2D eigenvalue weighted by atomic mass is 35.5. The third-order valence-corrected chi connectivity index (χ3v) is 4.49. The zero-order chi connectivity index (χ0) is 14.5. The van der Waals surface area contributed by atoms with Crippen molar-refractivity contribution in [3.63, 3.8) is 0 Å². The van der Waals surface area contributed by atoms with Gasteiger partial charge in [-0.3, -0.25) is 9.59 Å². The molecule has 2 amide bonds. The van der Waals surface area contributed by atoms with E-state index in [9.17, 15) is 9.59 Å². The Labute approximate surface area is 127 Å². The van der Waals surface area contributed by atoms with Crippen molar-refractivity contribution in [1.82, 2.24) is 5.32 Å². The number of unbranched alkanes of at least 4 members (excludes halogenated alkanes) is 1. The van der Waals surface area contributed by atoms with Crippen LogP contribution in [0.2, 0.25) is 5.02 Å². The topological polar surface area (TPSA) is 58.2 Å². The first-order valence-electron chi connectivity index (χ1n) is 6.64. The molecule has 108 valence electrons. The van der Waals surface area contributed by atoms with Gasteiger partial charge in [-0.05, 0) is 24.6 Å². The Morgan fingerprint density at radius 2 is 2.30 bits per heavy atom. The second-order valence-electron chi connectivity index (χ2n) is 4.64. The molecule has 2 rings (SSSR count). The van der Waals surface area contributed by atoms with Gasteiger partial charge in [-0.15, -0.1) is 11.8 Å². The largest absolute Gasteiger partial charge is 0.356 e. The number of fused-ring (bicyclic) bond motifs is 1. The molecule has 0 radical (unpaired) electrons. The zero-order valence-corrected chi connectivity index (χ0v) is 12.8. The van der Waals surface area contributed by atoms with Gasteiger partial charge in [0.1, 0.15) is 0 Å². The molecule has 0 fully saturated rings. The molecule has 0 aromatic heterocycles. The zero-order valence-electron chi connectivity index (χ0n) is 11.2. The van der Waals surface area contributed by atoms with Gasteiger partial charge >= 0.3 is 0 Å². The normalized spacial score (nSPS) is 17.3. The van der Waals surface area contributed by atoms with Crippen LogP contribution >= 0.6 is 23.4 Å². The fourth-order valence-electron chi connectivity index (χ4n) is 1.90. The van der Waals surface area contributed by atoms with Crippen LogP contribution in [0.3, 0.4) is 0 Å². The monoisotopic (exact) mass is 312 g/mol. The lowest BCUT2D eigenvalue weighted by molar-refractivity contribution is -0.124. The molecule has 1 aromatic carbocycles. The molecule has 4 nitrogen and oxygen atoms in total. The summed E-state index contributed by atoms with van der Waals surface area (Å²) in [6.45, 7) is 2.74. The number of hydrogen-bond acceptors (Lipinski definition) is 3. The lowest BCUT2D eigenvalue weighted by Crippen LogP contribution is -2.35. The molecule has 20 heavy (non-hydrogen) atoms. The molecule has 1 heterocycles. The minimum atomic E-state index is -0.384. The Hall–Kier alpha value is -1.20. The average Bonchev–Trinajstić information content (AvgIpc) is 2.40. The van der Waals surface area contributed by atoms with Crippen LogP contribution in [-0.4, -0.2) is 23.6 Å². The van der Waals surface area contributed by atoms with E-state index < -0.39 is 0 Å². The van der Waals surface area contributed by atoms with Crippen molar-refractivity contribution in [2.45, 2.75) is 36.3 Å². The maximum absolute atomic E-state index is 12.0. The molecule has 0 aliphatic carbocycles. The summed E-state index contributed by atoms with van der Waals surface area (Å²) < 4.78 is 0. The number of hydrogen-bond donors (Lipinski definition) is 2. The third-order valence-electron chi connectivity index (χ3n) is 2.98. The lowest BCUT2D eigenvalue weighted by Gasteiger charge is -2.23. The van der Waals surface area contributed by atoms with Crippen molar-refractivity contribution in [3.05, 3.63) is 23.2 Å². The number of thioether (sulfide) groups is 1. The summed E-state index contributed by atoms with van der Waals surface area (Å²) >= 11 is 7.30. The molecule has 1 aliphatic rings. The summed E-state index contributed by atoms with van der Waals surface area (Å²) in [5, 5.41) is 5.83. The quantitative estimate of drug-likeness (QED) is 0.822. The highest BCUT2D eigenvalue weighted by Gasteiger charge is 2.28. The van der Waals surface area contributed by atoms with Crippen LogP contribution in [-0.2, 0) is 9.59 Å². The first-order valence-corrected chi connectivity index (χ1v) is 7.89. The van der Waals surface area contributed by atoms with Crippen LogP contribution in [0.4, 0.5) is 5.69 Å². The first-order chi connectivity index (χ1) is 9.60. The van der Waals surface area contributed by atoms with E-state index in [1.807, 2.05) is 6.07 Å². The van der Waals surface area contributed by atoms with Crippen molar-refractivity contribution in [1.29, 1.82) is 0 Å². The van der Waals surface area contributed by atoms with Gasteiger partial charge in [0.2, 0.25) is 11.8 Å². The van der Waals surface area contributed by atoms with Gasteiger partial charge in [0.25, 0.3) is 0 Å². The van der Waals surface area contributed by atoms with Gasteiger partial charge in [-0.2, -0.15) is 0 Å². The highest BCUT2D eigenvalue weighted by molar-refractivity contribution is 8.01. The number of amides is 2. The van der Waals surface area contributed by atoms with Gasteiger partial charge in [0.05, 0.1) is 10.9 Å². The molecule has 1 unspecified atom stereocenters. The summed E-state index contributed by atoms with van der Waals surface area (Å²) in [5.74, 6) is -0.223. The number of nitrogens with one attached hydrogen (secondary N) is 2. The minimum Gasteiger partial charge on any atom is -0.356 e. The van der Waals surface area contributed by atoms with Crippen molar-refractivity contribution < 1.29 is 9.59 Å². The molecule has 2 N–H and O–H groups in total. The van der Waals surface area contributed by atoms with Gasteiger partial charge in [-0.1, -0.05) is 24.9 Å². The van der Waals surface area contributed by atoms with E-state index in [1.54, 1.807) is 12.1 Å². The van der Waals surface area contributed by atoms with E-state index in [0.717, 1.165) is 23.4 Å². The predicted octanol–water partition coefficient (Wildman–Crippen LogP) is 3.06. The summed E-state index contributed by atoms with van der Waals surface area (Å²) in [6.07, 6.45) is 2.19. The average molecular weight is 313 g/mol. The second kappa shape index (κ2) is 6.99. The van der Waals surface area contributed by atoms with Crippen LogP contribution in [0.25, 0.3) is 0 Å². The van der Waals surface area contributed by atoms with Crippen molar-refractivity contribution >= 4 is 40.9 Å². The number of benzene rings is 1. The Morgan fingerprint density at radius 1 is 1.50 bits per heavy atom. The highest BCUT2D eigenvalue weighted by Crippen LogP contribution is 2.38. The molecule has 0 saturated heterocycles. The molecule has 1 aromatic rings. The van der Waals surface area contributed by atoms with E-state index >= 15 is 0 Å².